The first-order valence-electron chi connectivity index (χ1n) is 6.08. The van der Waals surface area contributed by atoms with Crippen LogP contribution in [0, 0.1) is 0 Å². The molecule has 4 nitrogen and oxygen atoms in total. The molecule has 19 heavy (non-hydrogen) atoms. The highest BCUT2D eigenvalue weighted by atomic mass is 35.5. The Bertz CT molecular complexity index is 675. The van der Waals surface area contributed by atoms with Crippen molar-refractivity contribution in [1.82, 2.24) is 19.5 Å². The van der Waals surface area contributed by atoms with Gasteiger partial charge in [-0.25, -0.2) is 15.0 Å². The van der Waals surface area contributed by atoms with Crippen molar-refractivity contribution in [2.45, 2.75) is 25.3 Å². The predicted molar refractivity (Wildman–Crippen MR) is 77.6 cm³/mol. The fraction of sp³-hybridized carbons (Fsp3) is 0.308. The molecule has 0 N–H and O–H groups in total. The van der Waals surface area contributed by atoms with Gasteiger partial charge in [0, 0.05) is 24.5 Å². The summed E-state index contributed by atoms with van der Waals surface area (Å²) >= 11 is 7.83. The lowest BCUT2D eigenvalue weighted by Crippen LogP contribution is -2.07. The van der Waals surface area contributed by atoms with Crippen LogP contribution in [0.5, 0.6) is 0 Å². The summed E-state index contributed by atoms with van der Waals surface area (Å²) in [6.45, 7) is 2.73. The van der Waals surface area contributed by atoms with Crippen LogP contribution in [0.15, 0.2) is 29.2 Å². The summed E-state index contributed by atoms with van der Waals surface area (Å²) in [5.41, 5.74) is 4.73. The molecule has 0 fully saturated rings. The van der Waals surface area contributed by atoms with Gasteiger partial charge in [-0.05, 0) is 19.1 Å². The van der Waals surface area contributed by atoms with Crippen LogP contribution < -0.4 is 0 Å². The van der Waals surface area contributed by atoms with Gasteiger partial charge in [0.2, 0.25) is 0 Å². The van der Waals surface area contributed by atoms with E-state index in [0.29, 0.717) is 0 Å². The first kappa shape index (κ1) is 12.6. The molecule has 0 amide bonds. The van der Waals surface area contributed by atoms with Crippen molar-refractivity contribution in [3.05, 3.63) is 40.7 Å². The molecule has 3 aromatic heterocycles. The molecule has 6 heteroatoms. The van der Waals surface area contributed by atoms with Crippen molar-refractivity contribution in [2.24, 2.45) is 0 Å². The molecule has 1 unspecified atom stereocenters. The number of rotatable bonds is 4. The molecule has 3 aromatic rings. The average Bonchev–Trinajstić information content (AvgIpc) is 3.03. The van der Waals surface area contributed by atoms with Gasteiger partial charge < -0.3 is 4.57 Å². The molecular formula is C13H13ClN4S. The second kappa shape index (κ2) is 5.27. The van der Waals surface area contributed by atoms with Crippen LogP contribution >= 0.6 is 22.9 Å². The van der Waals surface area contributed by atoms with Crippen molar-refractivity contribution in [3.63, 3.8) is 0 Å². The fourth-order valence-corrected chi connectivity index (χ4v) is 2.85. The first-order valence-corrected chi connectivity index (χ1v) is 7.46. The van der Waals surface area contributed by atoms with Gasteiger partial charge in [0.25, 0.3) is 0 Å². The zero-order chi connectivity index (χ0) is 13.2. The summed E-state index contributed by atoms with van der Waals surface area (Å²) in [5.74, 6) is 0.866. The van der Waals surface area contributed by atoms with Crippen LogP contribution in [-0.2, 0) is 13.0 Å². The molecule has 0 aliphatic heterocycles. The number of alkyl halides is 1. The Hall–Kier alpha value is -1.46. The van der Waals surface area contributed by atoms with Crippen molar-refractivity contribution >= 4 is 34.1 Å². The van der Waals surface area contributed by atoms with E-state index in [0.717, 1.165) is 35.6 Å². The molecule has 0 aliphatic rings. The predicted octanol–water partition coefficient (Wildman–Crippen LogP) is 3.43. The normalized spacial score (nSPS) is 12.9. The Morgan fingerprint density at radius 1 is 1.42 bits per heavy atom. The summed E-state index contributed by atoms with van der Waals surface area (Å²) in [4.78, 5) is 13.3. The molecule has 3 rings (SSSR count). The number of pyridine rings is 1. The minimum Gasteiger partial charge on any atom is -0.311 e. The van der Waals surface area contributed by atoms with E-state index in [9.17, 15) is 0 Å². The van der Waals surface area contributed by atoms with E-state index >= 15 is 0 Å². The number of thiazole rings is 1. The molecule has 0 saturated heterocycles. The monoisotopic (exact) mass is 292 g/mol. The van der Waals surface area contributed by atoms with Crippen LogP contribution in [0.3, 0.4) is 0 Å². The second-order valence-corrected chi connectivity index (χ2v) is 5.69. The van der Waals surface area contributed by atoms with E-state index in [1.165, 1.54) is 0 Å². The summed E-state index contributed by atoms with van der Waals surface area (Å²) in [6.07, 6.45) is 2.65. The maximum absolute atomic E-state index is 6.22. The molecule has 0 radical (unpaired) electrons. The molecule has 0 saturated carbocycles. The molecule has 3 heterocycles. The van der Waals surface area contributed by atoms with Crippen molar-refractivity contribution in [1.29, 1.82) is 0 Å². The van der Waals surface area contributed by atoms with E-state index in [4.69, 9.17) is 11.6 Å². The summed E-state index contributed by atoms with van der Waals surface area (Å²) in [7, 11) is 0. The van der Waals surface area contributed by atoms with Crippen molar-refractivity contribution in [3.8, 4) is 0 Å². The van der Waals surface area contributed by atoms with Crippen LogP contribution in [0.25, 0.3) is 11.2 Å². The van der Waals surface area contributed by atoms with Gasteiger partial charge in [0.15, 0.2) is 5.65 Å². The van der Waals surface area contributed by atoms with Gasteiger partial charge in [-0.1, -0.05) is 0 Å². The molecule has 0 bridgehead atoms. The molecule has 1 atom stereocenters. The number of hydrogen-bond donors (Lipinski definition) is 0. The highest BCUT2D eigenvalue weighted by Crippen LogP contribution is 2.23. The Morgan fingerprint density at radius 2 is 2.32 bits per heavy atom. The number of imidazole rings is 1. The van der Waals surface area contributed by atoms with E-state index < -0.39 is 0 Å². The third-order valence-electron chi connectivity index (χ3n) is 2.96. The highest BCUT2D eigenvalue weighted by Gasteiger charge is 2.15. The van der Waals surface area contributed by atoms with Crippen LogP contribution in [-0.4, -0.2) is 19.5 Å². The Kier molecular flexibility index (Phi) is 3.48. The zero-order valence-electron chi connectivity index (χ0n) is 10.5. The highest BCUT2D eigenvalue weighted by molar-refractivity contribution is 7.07. The Balaban J connectivity index is 1.97. The smallest absolute Gasteiger partial charge is 0.160 e. The number of fused-ring (bicyclic) bond motifs is 1. The lowest BCUT2D eigenvalue weighted by atomic mass is 10.3. The molecule has 0 spiro atoms. The topological polar surface area (TPSA) is 43.6 Å². The third kappa shape index (κ3) is 2.48. The van der Waals surface area contributed by atoms with E-state index in [1.807, 2.05) is 24.6 Å². The molecule has 98 valence electrons. The van der Waals surface area contributed by atoms with Gasteiger partial charge in [0.1, 0.15) is 11.3 Å². The minimum atomic E-state index is -0.135. The van der Waals surface area contributed by atoms with Gasteiger partial charge >= 0.3 is 0 Å². The lowest BCUT2D eigenvalue weighted by molar-refractivity contribution is 0.657. The minimum absolute atomic E-state index is 0.135. The average molecular weight is 293 g/mol. The SMILES string of the molecule is CC(Cl)c1nc2cccnc2n1CCc1cscn1. The van der Waals surface area contributed by atoms with Crippen LogP contribution in [0.1, 0.15) is 23.8 Å². The molecule has 0 aromatic carbocycles. The zero-order valence-corrected chi connectivity index (χ0v) is 12.0. The largest absolute Gasteiger partial charge is 0.311 e. The van der Waals surface area contributed by atoms with E-state index in [-0.39, 0.29) is 5.38 Å². The number of hydrogen-bond acceptors (Lipinski definition) is 4. The summed E-state index contributed by atoms with van der Waals surface area (Å²) in [5, 5.41) is 1.93. The van der Waals surface area contributed by atoms with E-state index in [1.54, 1.807) is 17.5 Å². The lowest BCUT2D eigenvalue weighted by Gasteiger charge is -2.08. The second-order valence-electron chi connectivity index (χ2n) is 4.31. The Labute approximate surface area is 120 Å². The first-order chi connectivity index (χ1) is 9.25. The maximum atomic E-state index is 6.22. The van der Waals surface area contributed by atoms with Crippen molar-refractivity contribution < 1.29 is 0 Å². The fourth-order valence-electron chi connectivity index (χ4n) is 2.09. The molecule has 0 aliphatic carbocycles. The van der Waals surface area contributed by atoms with Gasteiger partial charge in [-0.3, -0.25) is 0 Å². The third-order valence-corrected chi connectivity index (χ3v) is 3.79. The quantitative estimate of drug-likeness (QED) is 0.692. The summed E-state index contributed by atoms with van der Waals surface area (Å²) < 4.78 is 2.09. The van der Waals surface area contributed by atoms with Crippen LogP contribution in [0.4, 0.5) is 0 Å². The number of aryl methyl sites for hydroxylation is 2. The summed E-state index contributed by atoms with van der Waals surface area (Å²) in [6, 6.07) is 3.85. The Morgan fingerprint density at radius 3 is 3.05 bits per heavy atom. The number of halogens is 1. The molecular weight excluding hydrogens is 280 g/mol. The van der Waals surface area contributed by atoms with Gasteiger partial charge in [-0.15, -0.1) is 22.9 Å². The standard InChI is InChI=1S/C13H13ClN4S/c1-9(14)12-17-11-3-2-5-15-13(11)18(12)6-4-10-7-19-8-16-10/h2-3,5,7-9H,4,6H2,1H3. The van der Waals surface area contributed by atoms with Crippen molar-refractivity contribution in [2.75, 3.05) is 0 Å². The van der Waals surface area contributed by atoms with Gasteiger partial charge in [-0.2, -0.15) is 0 Å². The number of aromatic nitrogens is 4. The van der Waals surface area contributed by atoms with Gasteiger partial charge in [0.05, 0.1) is 16.6 Å². The maximum Gasteiger partial charge on any atom is 0.160 e. The number of nitrogens with zero attached hydrogens (tertiary/aromatic N) is 4. The van der Waals surface area contributed by atoms with Crippen LogP contribution in [0.2, 0.25) is 0 Å². The van der Waals surface area contributed by atoms with E-state index in [2.05, 4.69) is 24.9 Å².